The van der Waals surface area contributed by atoms with Gasteiger partial charge in [-0.05, 0) is 50.4 Å². The van der Waals surface area contributed by atoms with Crippen LogP contribution in [0.1, 0.15) is 44.7 Å². The summed E-state index contributed by atoms with van der Waals surface area (Å²) < 4.78 is 0. The molecule has 0 radical (unpaired) electrons. The Morgan fingerprint density at radius 1 is 1.53 bits per heavy atom. The summed E-state index contributed by atoms with van der Waals surface area (Å²) in [6.45, 7) is 5.93. The van der Waals surface area contributed by atoms with Gasteiger partial charge in [0.15, 0.2) is 0 Å². The van der Waals surface area contributed by atoms with E-state index in [0.717, 1.165) is 37.9 Å². The number of amides is 1. The number of pyridine rings is 1. The highest BCUT2D eigenvalue weighted by Gasteiger charge is 2.38. The van der Waals surface area contributed by atoms with Crippen molar-refractivity contribution in [2.75, 3.05) is 13.1 Å². The van der Waals surface area contributed by atoms with Crippen LogP contribution in [-0.4, -0.2) is 24.0 Å². The fraction of sp³-hybridized carbons (Fsp3) is 0.600. The first-order valence-corrected chi connectivity index (χ1v) is 7.09. The van der Waals surface area contributed by atoms with Gasteiger partial charge in [0, 0.05) is 18.9 Å². The third kappa shape index (κ3) is 3.13. The molecule has 4 nitrogen and oxygen atoms in total. The summed E-state index contributed by atoms with van der Waals surface area (Å²) in [4.78, 5) is 16.6. The number of rotatable bonds is 4. The molecule has 2 N–H and O–H groups in total. The monoisotopic (exact) mass is 261 g/mol. The molecule has 1 aliphatic rings. The van der Waals surface area contributed by atoms with Crippen LogP contribution in [0, 0.1) is 5.41 Å². The number of carbonyl (C=O) groups is 1. The minimum atomic E-state index is -0.237. The molecule has 0 aliphatic carbocycles. The SMILES string of the molecule is CCC1(C(=O)N[C@H](C)c2ccncc2)CCCNC1. The van der Waals surface area contributed by atoms with E-state index in [1.54, 1.807) is 12.4 Å². The molecule has 0 spiro atoms. The van der Waals surface area contributed by atoms with Gasteiger partial charge >= 0.3 is 0 Å². The Balaban J connectivity index is 2.03. The maximum atomic E-state index is 12.6. The van der Waals surface area contributed by atoms with Gasteiger partial charge in [-0.25, -0.2) is 0 Å². The highest BCUT2D eigenvalue weighted by atomic mass is 16.2. The molecule has 2 rings (SSSR count). The maximum Gasteiger partial charge on any atom is 0.227 e. The van der Waals surface area contributed by atoms with Crippen LogP contribution in [0.15, 0.2) is 24.5 Å². The van der Waals surface area contributed by atoms with E-state index in [0.29, 0.717) is 0 Å². The van der Waals surface area contributed by atoms with Crippen molar-refractivity contribution in [2.24, 2.45) is 5.41 Å². The van der Waals surface area contributed by atoms with Crippen molar-refractivity contribution in [1.29, 1.82) is 0 Å². The van der Waals surface area contributed by atoms with Crippen molar-refractivity contribution < 1.29 is 4.79 Å². The van der Waals surface area contributed by atoms with Crippen molar-refractivity contribution in [1.82, 2.24) is 15.6 Å². The van der Waals surface area contributed by atoms with Gasteiger partial charge in [-0.15, -0.1) is 0 Å². The third-order valence-electron chi connectivity index (χ3n) is 4.18. The van der Waals surface area contributed by atoms with E-state index in [1.807, 2.05) is 19.1 Å². The second-order valence-electron chi connectivity index (χ2n) is 5.39. The molecule has 1 aromatic heterocycles. The summed E-state index contributed by atoms with van der Waals surface area (Å²) >= 11 is 0. The van der Waals surface area contributed by atoms with Crippen LogP contribution in [-0.2, 0) is 4.79 Å². The lowest BCUT2D eigenvalue weighted by Gasteiger charge is -2.36. The predicted octanol–water partition coefficient (Wildman–Crippen LogP) is 2.04. The Labute approximate surface area is 115 Å². The van der Waals surface area contributed by atoms with E-state index < -0.39 is 0 Å². The molecule has 2 heterocycles. The van der Waals surface area contributed by atoms with Gasteiger partial charge in [0.2, 0.25) is 5.91 Å². The van der Waals surface area contributed by atoms with Gasteiger partial charge in [0.25, 0.3) is 0 Å². The average molecular weight is 261 g/mol. The summed E-state index contributed by atoms with van der Waals surface area (Å²) in [6, 6.07) is 3.92. The van der Waals surface area contributed by atoms with Crippen molar-refractivity contribution in [3.63, 3.8) is 0 Å². The first-order valence-electron chi connectivity index (χ1n) is 7.09. The number of hydrogen-bond acceptors (Lipinski definition) is 3. The normalized spacial score (nSPS) is 24.7. The number of carbonyl (C=O) groups excluding carboxylic acids is 1. The maximum absolute atomic E-state index is 12.6. The predicted molar refractivity (Wildman–Crippen MR) is 75.6 cm³/mol. The molecular weight excluding hydrogens is 238 g/mol. The minimum absolute atomic E-state index is 0.0286. The summed E-state index contributed by atoms with van der Waals surface area (Å²) in [5, 5.41) is 6.50. The van der Waals surface area contributed by atoms with E-state index >= 15 is 0 Å². The van der Waals surface area contributed by atoms with Crippen LogP contribution in [0.25, 0.3) is 0 Å². The third-order valence-corrected chi connectivity index (χ3v) is 4.18. The molecule has 0 bridgehead atoms. The van der Waals surface area contributed by atoms with Gasteiger partial charge in [-0.2, -0.15) is 0 Å². The topological polar surface area (TPSA) is 54.0 Å². The van der Waals surface area contributed by atoms with Gasteiger partial charge in [-0.1, -0.05) is 6.92 Å². The van der Waals surface area contributed by atoms with Crippen molar-refractivity contribution in [3.05, 3.63) is 30.1 Å². The largest absolute Gasteiger partial charge is 0.349 e. The summed E-state index contributed by atoms with van der Waals surface area (Å²) in [6.07, 6.45) is 6.46. The summed E-state index contributed by atoms with van der Waals surface area (Å²) in [5.74, 6) is 0.173. The van der Waals surface area contributed by atoms with Crippen LogP contribution in [0.5, 0.6) is 0 Å². The molecular formula is C15H23N3O. The Kier molecular flexibility index (Phi) is 4.53. The summed E-state index contributed by atoms with van der Waals surface area (Å²) in [7, 11) is 0. The standard InChI is InChI=1S/C15H23N3O/c1-3-15(7-4-8-17-11-15)14(19)18-12(2)13-5-9-16-10-6-13/h5-6,9-10,12,17H,3-4,7-8,11H2,1-2H3,(H,18,19)/t12-,15?/m1/s1. The molecule has 0 saturated carbocycles. The van der Waals surface area contributed by atoms with Crippen molar-refractivity contribution in [3.8, 4) is 0 Å². The number of piperidine rings is 1. The molecule has 4 heteroatoms. The second kappa shape index (κ2) is 6.15. The zero-order chi connectivity index (χ0) is 13.7. The molecule has 104 valence electrons. The Hall–Kier alpha value is -1.42. The minimum Gasteiger partial charge on any atom is -0.349 e. The lowest BCUT2D eigenvalue weighted by Crippen LogP contribution is -2.50. The van der Waals surface area contributed by atoms with Crippen LogP contribution >= 0.6 is 0 Å². The van der Waals surface area contributed by atoms with Crippen LogP contribution in [0.2, 0.25) is 0 Å². The van der Waals surface area contributed by atoms with Crippen molar-refractivity contribution in [2.45, 2.75) is 39.2 Å². The average Bonchev–Trinajstić information content (AvgIpc) is 2.48. The van der Waals surface area contributed by atoms with Crippen LogP contribution in [0.3, 0.4) is 0 Å². The molecule has 1 aromatic rings. The first-order chi connectivity index (χ1) is 9.18. The molecule has 2 atom stereocenters. The highest BCUT2D eigenvalue weighted by molar-refractivity contribution is 5.83. The van der Waals surface area contributed by atoms with E-state index in [2.05, 4.69) is 22.5 Å². The fourth-order valence-corrected chi connectivity index (χ4v) is 2.71. The second-order valence-corrected chi connectivity index (χ2v) is 5.39. The number of nitrogens with zero attached hydrogens (tertiary/aromatic N) is 1. The summed E-state index contributed by atoms with van der Waals surface area (Å²) in [5.41, 5.74) is 0.859. The Bertz CT molecular complexity index is 413. The lowest BCUT2D eigenvalue weighted by atomic mass is 9.77. The fourth-order valence-electron chi connectivity index (χ4n) is 2.71. The van der Waals surface area contributed by atoms with E-state index in [4.69, 9.17) is 0 Å². The van der Waals surface area contributed by atoms with Gasteiger partial charge < -0.3 is 10.6 Å². The quantitative estimate of drug-likeness (QED) is 0.872. The molecule has 1 amide bonds. The van der Waals surface area contributed by atoms with E-state index in [-0.39, 0.29) is 17.4 Å². The van der Waals surface area contributed by atoms with E-state index in [1.165, 1.54) is 0 Å². The number of aromatic nitrogens is 1. The van der Waals surface area contributed by atoms with Crippen molar-refractivity contribution >= 4 is 5.91 Å². The zero-order valence-electron chi connectivity index (χ0n) is 11.8. The smallest absolute Gasteiger partial charge is 0.227 e. The molecule has 0 aromatic carbocycles. The van der Waals surface area contributed by atoms with Crippen LogP contribution in [0.4, 0.5) is 0 Å². The molecule has 1 saturated heterocycles. The molecule has 1 fully saturated rings. The molecule has 1 unspecified atom stereocenters. The van der Waals surface area contributed by atoms with Gasteiger partial charge in [0.05, 0.1) is 11.5 Å². The number of nitrogens with one attached hydrogen (secondary N) is 2. The lowest BCUT2D eigenvalue weighted by molar-refractivity contribution is -0.133. The van der Waals surface area contributed by atoms with Gasteiger partial charge in [0.1, 0.15) is 0 Å². The first kappa shape index (κ1) is 14.0. The molecule has 1 aliphatic heterocycles. The zero-order valence-corrected chi connectivity index (χ0v) is 11.8. The molecule has 19 heavy (non-hydrogen) atoms. The Morgan fingerprint density at radius 3 is 2.84 bits per heavy atom. The van der Waals surface area contributed by atoms with Gasteiger partial charge in [-0.3, -0.25) is 9.78 Å². The van der Waals surface area contributed by atoms with E-state index in [9.17, 15) is 4.79 Å². The Morgan fingerprint density at radius 2 is 2.26 bits per heavy atom. The number of hydrogen-bond donors (Lipinski definition) is 2. The highest BCUT2D eigenvalue weighted by Crippen LogP contribution is 2.31. The van der Waals surface area contributed by atoms with Crippen LogP contribution < -0.4 is 10.6 Å².